The molecule has 0 spiro atoms. The first-order valence-corrected chi connectivity index (χ1v) is 6.79. The Morgan fingerprint density at radius 3 is 2.79 bits per heavy atom. The van der Waals surface area contributed by atoms with E-state index >= 15 is 0 Å². The Kier molecular flexibility index (Phi) is 3.35. The maximum atomic E-state index is 10.5. The first kappa shape index (κ1) is 13.1. The summed E-state index contributed by atoms with van der Waals surface area (Å²) in [7, 11) is 0. The molecule has 0 bridgehead atoms. The summed E-state index contributed by atoms with van der Waals surface area (Å²) in [5, 5.41) is 10.5. The summed E-state index contributed by atoms with van der Waals surface area (Å²) in [6.45, 7) is 3.19. The lowest BCUT2D eigenvalue weighted by atomic mass is 9.80. The third kappa shape index (κ3) is 2.09. The van der Waals surface area contributed by atoms with Crippen molar-refractivity contribution >= 4 is 0 Å². The highest BCUT2D eigenvalue weighted by molar-refractivity contribution is 5.20. The van der Waals surface area contributed by atoms with Crippen molar-refractivity contribution in [1.82, 2.24) is 0 Å². The Morgan fingerprint density at radius 1 is 1.11 bits per heavy atom. The van der Waals surface area contributed by atoms with Crippen LogP contribution in [0.3, 0.4) is 0 Å². The number of ether oxygens (including phenoxy) is 3. The van der Waals surface area contributed by atoms with E-state index in [4.69, 9.17) is 14.2 Å². The fourth-order valence-electron chi connectivity index (χ4n) is 3.22. The molecule has 0 aromatic carbocycles. The summed E-state index contributed by atoms with van der Waals surface area (Å²) in [4.78, 5) is 0. The number of allylic oxidation sites excluding steroid dienone is 5. The summed E-state index contributed by atoms with van der Waals surface area (Å²) >= 11 is 0. The molecule has 4 atom stereocenters. The Hall–Kier alpha value is -0.940. The quantitative estimate of drug-likeness (QED) is 0.786. The van der Waals surface area contributed by atoms with Gasteiger partial charge >= 0.3 is 0 Å². The van der Waals surface area contributed by atoms with Crippen LogP contribution in [0, 0.1) is 5.92 Å². The molecule has 3 fully saturated rings. The summed E-state index contributed by atoms with van der Waals surface area (Å²) in [6.07, 6.45) is 12.5. The summed E-state index contributed by atoms with van der Waals surface area (Å²) in [5.41, 5.74) is -0.900. The predicted octanol–water partition coefficient (Wildman–Crippen LogP) is 1.57. The molecule has 3 aliphatic heterocycles. The minimum atomic E-state index is -0.900. The van der Waals surface area contributed by atoms with E-state index < -0.39 is 11.4 Å². The Bertz CT molecular complexity index is 428. The van der Waals surface area contributed by atoms with Crippen molar-refractivity contribution in [3.05, 3.63) is 36.5 Å². The summed E-state index contributed by atoms with van der Waals surface area (Å²) in [5.74, 6) is -0.950. The van der Waals surface area contributed by atoms with Crippen molar-refractivity contribution in [2.45, 2.75) is 30.8 Å². The van der Waals surface area contributed by atoms with Gasteiger partial charge in [0.15, 0.2) is 5.79 Å². The van der Waals surface area contributed by atoms with Gasteiger partial charge in [0.2, 0.25) is 0 Å². The van der Waals surface area contributed by atoms with Gasteiger partial charge in [-0.15, -0.1) is 0 Å². The second kappa shape index (κ2) is 4.87. The van der Waals surface area contributed by atoms with Crippen LogP contribution in [-0.2, 0) is 14.2 Å². The van der Waals surface area contributed by atoms with Gasteiger partial charge in [0.05, 0.1) is 31.8 Å². The molecule has 0 aromatic rings. The molecular weight excluding hydrogens is 244 g/mol. The van der Waals surface area contributed by atoms with Crippen molar-refractivity contribution in [2.24, 2.45) is 5.92 Å². The van der Waals surface area contributed by atoms with Crippen LogP contribution < -0.4 is 0 Å². The molecule has 3 heterocycles. The minimum Gasteiger partial charge on any atom is -0.384 e. The van der Waals surface area contributed by atoms with E-state index in [9.17, 15) is 5.11 Å². The molecule has 3 rings (SSSR count). The average molecular weight is 264 g/mol. The lowest BCUT2D eigenvalue weighted by Crippen LogP contribution is -2.51. The standard InChI is InChI=1S/C15H20O4/c1-2-3-4-5-6-8-15-13-12(7-9-18-15)17-10-14(13,16)11-19-15/h2-6,8,12-13,16H,7,9-11H2,1H3/b3-2+,5-4+,8-6+/t12-,13+,14-,15-/m0/s1. The van der Waals surface area contributed by atoms with Crippen molar-refractivity contribution in [3.63, 3.8) is 0 Å². The highest BCUT2D eigenvalue weighted by atomic mass is 16.7. The largest absolute Gasteiger partial charge is 0.384 e. The number of rotatable bonds is 3. The molecular formula is C15H20O4. The van der Waals surface area contributed by atoms with Crippen LogP contribution in [0.2, 0.25) is 0 Å². The van der Waals surface area contributed by atoms with Crippen molar-refractivity contribution in [1.29, 1.82) is 0 Å². The maximum Gasteiger partial charge on any atom is 0.196 e. The zero-order valence-corrected chi connectivity index (χ0v) is 11.1. The molecule has 0 radical (unpaired) electrons. The van der Waals surface area contributed by atoms with Gasteiger partial charge < -0.3 is 19.3 Å². The third-order valence-electron chi connectivity index (χ3n) is 4.06. The molecule has 0 amide bonds. The van der Waals surface area contributed by atoms with Crippen LogP contribution in [0.4, 0.5) is 0 Å². The van der Waals surface area contributed by atoms with Crippen LogP contribution in [0.15, 0.2) is 36.5 Å². The van der Waals surface area contributed by atoms with Gasteiger partial charge in [0, 0.05) is 0 Å². The van der Waals surface area contributed by atoms with Gasteiger partial charge in [-0.3, -0.25) is 0 Å². The zero-order valence-electron chi connectivity index (χ0n) is 11.1. The molecule has 0 aliphatic carbocycles. The predicted molar refractivity (Wildman–Crippen MR) is 70.5 cm³/mol. The van der Waals surface area contributed by atoms with Crippen LogP contribution >= 0.6 is 0 Å². The van der Waals surface area contributed by atoms with E-state index in [0.29, 0.717) is 13.2 Å². The highest BCUT2D eigenvalue weighted by Gasteiger charge is 2.66. The van der Waals surface area contributed by atoms with Gasteiger partial charge in [-0.2, -0.15) is 0 Å². The molecule has 0 unspecified atom stereocenters. The Balaban J connectivity index is 1.82. The maximum absolute atomic E-state index is 10.5. The summed E-state index contributed by atoms with van der Waals surface area (Å²) in [6, 6.07) is 0. The first-order valence-electron chi connectivity index (χ1n) is 6.79. The minimum absolute atomic E-state index is 0.0328. The van der Waals surface area contributed by atoms with E-state index in [1.165, 1.54) is 0 Å². The average Bonchev–Trinajstić information content (AvgIpc) is 2.91. The molecule has 104 valence electrons. The zero-order chi connectivity index (χ0) is 13.3. The normalized spacial score (nSPS) is 45.8. The lowest BCUT2D eigenvalue weighted by Gasteiger charge is -2.38. The first-order chi connectivity index (χ1) is 9.20. The Labute approximate surface area is 113 Å². The molecule has 4 heteroatoms. The van der Waals surface area contributed by atoms with Crippen LogP contribution in [0.1, 0.15) is 13.3 Å². The van der Waals surface area contributed by atoms with E-state index in [1.54, 1.807) is 0 Å². The Morgan fingerprint density at radius 2 is 1.95 bits per heavy atom. The number of aliphatic hydroxyl groups is 1. The van der Waals surface area contributed by atoms with Crippen molar-refractivity contribution in [2.75, 3.05) is 19.8 Å². The fraction of sp³-hybridized carbons (Fsp3) is 0.600. The smallest absolute Gasteiger partial charge is 0.196 e. The van der Waals surface area contributed by atoms with Crippen LogP contribution in [-0.4, -0.2) is 42.4 Å². The van der Waals surface area contributed by atoms with Gasteiger partial charge in [0.25, 0.3) is 0 Å². The third-order valence-corrected chi connectivity index (χ3v) is 4.06. The van der Waals surface area contributed by atoms with E-state index in [1.807, 2.05) is 43.4 Å². The summed E-state index contributed by atoms with van der Waals surface area (Å²) < 4.78 is 17.3. The van der Waals surface area contributed by atoms with Crippen LogP contribution in [0.25, 0.3) is 0 Å². The molecule has 0 saturated carbocycles. The highest BCUT2D eigenvalue weighted by Crippen LogP contribution is 2.51. The van der Waals surface area contributed by atoms with Crippen molar-refractivity contribution in [3.8, 4) is 0 Å². The van der Waals surface area contributed by atoms with Gasteiger partial charge in [-0.25, -0.2) is 0 Å². The van der Waals surface area contributed by atoms with Gasteiger partial charge in [0.1, 0.15) is 5.60 Å². The van der Waals surface area contributed by atoms with Gasteiger partial charge in [-0.1, -0.05) is 30.4 Å². The van der Waals surface area contributed by atoms with E-state index in [0.717, 1.165) is 6.42 Å². The second-order valence-electron chi connectivity index (χ2n) is 5.35. The van der Waals surface area contributed by atoms with Crippen molar-refractivity contribution < 1.29 is 19.3 Å². The molecule has 3 aliphatic rings. The molecule has 4 nitrogen and oxygen atoms in total. The van der Waals surface area contributed by atoms with E-state index in [2.05, 4.69) is 0 Å². The van der Waals surface area contributed by atoms with E-state index in [-0.39, 0.29) is 18.6 Å². The molecule has 1 N–H and O–H groups in total. The number of hydrogen-bond acceptors (Lipinski definition) is 4. The second-order valence-corrected chi connectivity index (χ2v) is 5.35. The lowest BCUT2D eigenvalue weighted by molar-refractivity contribution is -0.236. The molecule has 3 saturated heterocycles. The fourth-order valence-corrected chi connectivity index (χ4v) is 3.22. The number of hydrogen-bond donors (Lipinski definition) is 1. The van der Waals surface area contributed by atoms with Gasteiger partial charge in [-0.05, 0) is 19.4 Å². The molecule has 19 heavy (non-hydrogen) atoms. The monoisotopic (exact) mass is 264 g/mol. The SMILES string of the molecule is C/C=C/C=C/C=C/[C@]12OCC[C@@H]3OC[C@](O)(CO1)[C@@H]32. The molecule has 0 aromatic heterocycles. The topological polar surface area (TPSA) is 47.9 Å². The van der Waals surface area contributed by atoms with Crippen LogP contribution in [0.5, 0.6) is 0 Å².